The molecule has 0 bridgehead atoms. The average Bonchev–Trinajstić information content (AvgIpc) is 1.69. The van der Waals surface area contributed by atoms with Crippen molar-refractivity contribution < 1.29 is 31.4 Å². The second kappa shape index (κ2) is 25.3. The zero-order valence-corrected chi connectivity index (χ0v) is 54.5. The van der Waals surface area contributed by atoms with Crippen molar-refractivity contribution in [2.24, 2.45) is 0 Å². The lowest BCUT2D eigenvalue weighted by atomic mass is 9.78. The summed E-state index contributed by atoms with van der Waals surface area (Å²) >= 11 is 6.94. The van der Waals surface area contributed by atoms with Crippen LogP contribution in [-0.4, -0.2) is 33.3 Å². The molecule has 0 atom stereocenters. The van der Waals surface area contributed by atoms with Crippen LogP contribution in [0, 0.1) is 0 Å². The molecule has 18 aromatic rings. The van der Waals surface area contributed by atoms with Crippen LogP contribution in [-0.2, 0) is 9.31 Å². The standard InChI is InChI=1S/C46H26N2O3.C23H22BNO3.C12H6Br2O.3CH4/c1-5-27(21-29(7-1)33-13-17-41-37(25-33)45-43(50-41)9-3-19-47-45)31-11-15-39-35(23-31)36-24-32(12-16-40(36)49-39)28-6-2-8-30(22-28)34-14-18-42-38(26-34)46-44(51-42)10-4-20-48-46;1-22(2)23(3,4)28-24(27-22)17-8-5-7-15(13-17)16-10-11-19-18(14-16)21-20(26-19)9-6-12-25-21;13-7-1-3-11-9(5-7)10-6-8(14)2-4-12(10)15-11;;;/h1-26H;5-14H,1-4H3;1-6H;3*1H4. The SMILES string of the molecule is Brc1ccc2oc3ccc(Br)cc3c2c1.C.C.C.CC1(C)OB(c2cccc(-c3ccc4oc5cccnc5c4c3)c2)OC1(C)C.c1cc(-c2ccc3oc4ccc(-c5cccc(-c6ccc7oc8cccnc8c7c6)c5)cc4c3c2)cc(-c2ccc3oc4cccnc4c3c2)c1. The molecule has 0 radical (unpaired) electrons. The summed E-state index contributed by atoms with van der Waals surface area (Å²) in [6.07, 6.45) is 5.41. The summed E-state index contributed by atoms with van der Waals surface area (Å²) in [6, 6.07) is 81.1. The molecule has 1 aliphatic heterocycles. The van der Waals surface area contributed by atoms with Crippen molar-refractivity contribution in [3.8, 4) is 55.6 Å². The molecular weight excluding hydrogens is 1330 g/mol. The topological polar surface area (TPSA) is 123 Å². The normalized spacial score (nSPS) is 13.3. The summed E-state index contributed by atoms with van der Waals surface area (Å²) in [5.74, 6) is 0. The third-order valence-corrected chi connectivity index (χ3v) is 19.3. The van der Waals surface area contributed by atoms with Gasteiger partial charge in [0.15, 0.2) is 16.7 Å². The van der Waals surface area contributed by atoms with Gasteiger partial charge in [-0.1, -0.05) is 145 Å². The Morgan fingerprint density at radius 2 is 0.536 bits per heavy atom. The molecule has 476 valence electrons. The van der Waals surface area contributed by atoms with Crippen LogP contribution in [0.4, 0.5) is 0 Å². The maximum absolute atomic E-state index is 6.33. The Labute approximate surface area is 577 Å². The van der Waals surface area contributed by atoms with Crippen molar-refractivity contribution in [1.29, 1.82) is 0 Å². The van der Waals surface area contributed by atoms with Crippen LogP contribution in [0.25, 0.3) is 166 Å². The molecule has 0 aliphatic carbocycles. The van der Waals surface area contributed by atoms with E-state index < -0.39 is 0 Å². The number of furan rings is 5. The van der Waals surface area contributed by atoms with Gasteiger partial charge >= 0.3 is 7.12 Å². The molecule has 9 heterocycles. The van der Waals surface area contributed by atoms with Gasteiger partial charge in [0, 0.05) is 65.2 Å². The molecule has 0 amide bonds. The molecule has 10 aromatic carbocycles. The van der Waals surface area contributed by atoms with Gasteiger partial charge in [0.25, 0.3) is 0 Å². The zero-order chi connectivity index (χ0) is 63.4. The molecule has 1 fully saturated rings. The Hall–Kier alpha value is -10.4. The van der Waals surface area contributed by atoms with E-state index in [0.717, 1.165) is 180 Å². The molecule has 0 unspecified atom stereocenters. The first-order valence-corrected chi connectivity index (χ1v) is 32.6. The maximum Gasteiger partial charge on any atom is 0.494 e. The van der Waals surface area contributed by atoms with Gasteiger partial charge in [0.1, 0.15) is 55.6 Å². The van der Waals surface area contributed by atoms with E-state index in [9.17, 15) is 0 Å². The van der Waals surface area contributed by atoms with Crippen molar-refractivity contribution in [3.05, 3.63) is 264 Å². The van der Waals surface area contributed by atoms with Crippen molar-refractivity contribution >= 4 is 155 Å². The van der Waals surface area contributed by atoms with Crippen molar-refractivity contribution in [3.63, 3.8) is 0 Å². The molecule has 0 N–H and O–H groups in total. The first-order chi connectivity index (χ1) is 45.8. The van der Waals surface area contributed by atoms with Gasteiger partial charge in [-0.15, -0.1) is 0 Å². The Bertz CT molecular complexity index is 5750. The van der Waals surface area contributed by atoms with Gasteiger partial charge in [0.05, 0.1) is 11.2 Å². The van der Waals surface area contributed by atoms with Gasteiger partial charge in [-0.25, -0.2) is 0 Å². The fourth-order valence-electron chi connectivity index (χ4n) is 12.8. The van der Waals surface area contributed by atoms with E-state index in [1.54, 1.807) is 6.20 Å². The summed E-state index contributed by atoms with van der Waals surface area (Å²) in [4.78, 5) is 13.6. The van der Waals surface area contributed by atoms with Crippen LogP contribution in [0.3, 0.4) is 0 Å². The number of benzene rings is 10. The Balaban J connectivity index is 0.000000146. The largest absolute Gasteiger partial charge is 0.494 e. The molecule has 97 heavy (non-hydrogen) atoms. The Morgan fingerprint density at radius 3 is 0.887 bits per heavy atom. The van der Waals surface area contributed by atoms with E-state index >= 15 is 0 Å². The minimum absolute atomic E-state index is 0. The van der Waals surface area contributed by atoms with Crippen molar-refractivity contribution in [2.45, 2.75) is 61.2 Å². The summed E-state index contributed by atoms with van der Waals surface area (Å²) in [5.41, 5.74) is 22.8. The molecule has 10 nitrogen and oxygen atoms in total. The number of fused-ring (bicyclic) bond motifs is 15. The fourth-order valence-corrected chi connectivity index (χ4v) is 13.5. The van der Waals surface area contributed by atoms with Crippen LogP contribution in [0.5, 0.6) is 0 Å². The number of hydrogen-bond donors (Lipinski definition) is 0. The highest BCUT2D eigenvalue weighted by Gasteiger charge is 2.51. The predicted octanol–water partition coefficient (Wildman–Crippen LogP) is 24.8. The molecular formula is C84H66BBr2N3O7. The van der Waals surface area contributed by atoms with Crippen LogP contribution in [0.1, 0.15) is 50.0 Å². The van der Waals surface area contributed by atoms with Crippen LogP contribution >= 0.6 is 31.9 Å². The molecule has 13 heteroatoms. The third-order valence-electron chi connectivity index (χ3n) is 18.3. The smallest absolute Gasteiger partial charge is 0.456 e. The number of aromatic nitrogens is 3. The third kappa shape index (κ3) is 11.6. The van der Waals surface area contributed by atoms with Crippen molar-refractivity contribution in [2.75, 3.05) is 0 Å². The van der Waals surface area contributed by atoms with Crippen molar-refractivity contribution in [1.82, 2.24) is 15.0 Å². The van der Waals surface area contributed by atoms with Gasteiger partial charge in [-0.3, -0.25) is 15.0 Å². The molecule has 19 rings (SSSR count). The average molecular weight is 1400 g/mol. The molecule has 8 aromatic heterocycles. The van der Waals surface area contributed by atoms with E-state index in [0.29, 0.717) is 0 Å². The van der Waals surface area contributed by atoms with Gasteiger partial charge < -0.3 is 31.4 Å². The Morgan fingerprint density at radius 1 is 0.268 bits per heavy atom. The molecule has 0 spiro atoms. The van der Waals surface area contributed by atoms with Crippen LogP contribution in [0.15, 0.2) is 286 Å². The van der Waals surface area contributed by atoms with Crippen LogP contribution in [0.2, 0.25) is 0 Å². The lowest BCUT2D eigenvalue weighted by Crippen LogP contribution is -2.41. The summed E-state index contributed by atoms with van der Waals surface area (Å²) in [6.45, 7) is 8.28. The monoisotopic (exact) mass is 1400 g/mol. The van der Waals surface area contributed by atoms with Crippen LogP contribution < -0.4 is 5.46 Å². The minimum Gasteiger partial charge on any atom is -0.456 e. The highest BCUT2D eigenvalue weighted by Crippen LogP contribution is 2.41. The molecule has 0 saturated carbocycles. The summed E-state index contributed by atoms with van der Waals surface area (Å²) < 4.78 is 44.5. The first kappa shape index (κ1) is 64.0. The van der Waals surface area contributed by atoms with Gasteiger partial charge in [-0.2, -0.15) is 0 Å². The second-order valence-electron chi connectivity index (χ2n) is 24.8. The summed E-state index contributed by atoms with van der Waals surface area (Å²) in [5, 5.41) is 7.52. The van der Waals surface area contributed by atoms with Gasteiger partial charge in [-0.05, 0) is 234 Å². The lowest BCUT2D eigenvalue weighted by molar-refractivity contribution is 0.00578. The number of hydrogen-bond acceptors (Lipinski definition) is 10. The van der Waals surface area contributed by atoms with Gasteiger partial charge in [0.2, 0.25) is 0 Å². The number of rotatable bonds is 6. The quantitative estimate of drug-likeness (QED) is 0.149. The first-order valence-electron chi connectivity index (χ1n) is 31.0. The van der Waals surface area contributed by atoms with E-state index in [-0.39, 0.29) is 40.6 Å². The lowest BCUT2D eigenvalue weighted by Gasteiger charge is -2.32. The van der Waals surface area contributed by atoms with E-state index in [2.05, 4.69) is 226 Å². The highest BCUT2D eigenvalue weighted by atomic mass is 79.9. The number of nitrogens with zero attached hydrogens (tertiary/aromatic N) is 3. The van der Waals surface area contributed by atoms with E-state index in [1.165, 1.54) is 0 Å². The second-order valence-corrected chi connectivity index (χ2v) is 26.6. The highest BCUT2D eigenvalue weighted by molar-refractivity contribution is 9.10. The Kier molecular flexibility index (Phi) is 16.7. The minimum atomic E-state index is -0.370. The zero-order valence-electron chi connectivity index (χ0n) is 51.3. The molecule has 1 saturated heterocycles. The van der Waals surface area contributed by atoms with E-state index in [4.69, 9.17) is 31.4 Å². The summed E-state index contributed by atoms with van der Waals surface area (Å²) in [7, 11) is -0.370. The van der Waals surface area contributed by atoms with E-state index in [1.807, 2.05) is 97.3 Å². The number of halogens is 2. The fraction of sp³-hybridized carbons (Fsp3) is 0.107. The number of pyridine rings is 3. The predicted molar refractivity (Wildman–Crippen MR) is 408 cm³/mol. The molecule has 1 aliphatic rings. The maximum atomic E-state index is 6.33.